The van der Waals surface area contributed by atoms with Crippen LogP contribution >= 0.6 is 0 Å². The molecule has 0 unspecified atom stereocenters. The summed E-state index contributed by atoms with van der Waals surface area (Å²) in [5.41, 5.74) is 0.828. The van der Waals surface area contributed by atoms with Gasteiger partial charge in [-0.25, -0.2) is 4.79 Å². The number of ether oxygens (including phenoxy) is 1. The number of rotatable bonds is 3. The highest BCUT2D eigenvalue weighted by molar-refractivity contribution is 5.68. The standard InChI is InChI=1S/C19H30N2O2/c1-14-11-12-21(18(22)23-19(3,4)5)13-17(14)20-15(2)16-9-7-6-8-10-16/h6-10,14-15,17,20H,11-13H2,1-5H3/t14-,15-,17-/m1/s1. The summed E-state index contributed by atoms with van der Waals surface area (Å²) < 4.78 is 5.51. The van der Waals surface area contributed by atoms with Crippen LogP contribution in [-0.4, -0.2) is 35.7 Å². The SMILES string of the molecule is C[C@@H]1CCN(C(=O)OC(C)(C)C)C[C@H]1N[C@H](C)c1ccccc1. The van der Waals surface area contributed by atoms with Crippen molar-refractivity contribution in [2.24, 2.45) is 5.92 Å². The second-order valence-electron chi connectivity index (χ2n) is 7.60. The molecule has 1 fully saturated rings. The van der Waals surface area contributed by atoms with Crippen molar-refractivity contribution in [1.82, 2.24) is 10.2 Å². The lowest BCUT2D eigenvalue weighted by Gasteiger charge is -2.39. The van der Waals surface area contributed by atoms with E-state index in [0.29, 0.717) is 12.5 Å². The van der Waals surface area contributed by atoms with Crippen molar-refractivity contribution in [3.63, 3.8) is 0 Å². The van der Waals surface area contributed by atoms with Crippen molar-refractivity contribution in [3.05, 3.63) is 35.9 Å². The fraction of sp³-hybridized carbons (Fsp3) is 0.632. The van der Waals surface area contributed by atoms with Gasteiger partial charge in [-0.1, -0.05) is 37.3 Å². The average Bonchev–Trinajstić information content (AvgIpc) is 2.48. The van der Waals surface area contributed by atoms with Gasteiger partial charge in [-0.05, 0) is 45.6 Å². The molecule has 0 saturated carbocycles. The van der Waals surface area contributed by atoms with E-state index in [1.165, 1.54) is 5.56 Å². The van der Waals surface area contributed by atoms with E-state index >= 15 is 0 Å². The van der Waals surface area contributed by atoms with E-state index in [-0.39, 0.29) is 18.2 Å². The predicted molar refractivity (Wildman–Crippen MR) is 93.4 cm³/mol. The molecule has 3 atom stereocenters. The number of hydrogen-bond donors (Lipinski definition) is 1. The molecule has 1 aliphatic heterocycles. The maximum atomic E-state index is 12.3. The first-order chi connectivity index (χ1) is 10.8. The maximum Gasteiger partial charge on any atom is 0.410 e. The van der Waals surface area contributed by atoms with Crippen LogP contribution in [0.25, 0.3) is 0 Å². The number of carbonyl (C=O) groups excluding carboxylic acids is 1. The average molecular weight is 318 g/mol. The van der Waals surface area contributed by atoms with Gasteiger partial charge in [0.05, 0.1) is 0 Å². The molecule has 2 rings (SSSR count). The minimum atomic E-state index is -0.444. The summed E-state index contributed by atoms with van der Waals surface area (Å²) in [7, 11) is 0. The molecule has 1 saturated heterocycles. The Labute approximate surface area is 140 Å². The Hall–Kier alpha value is -1.55. The first-order valence-corrected chi connectivity index (χ1v) is 8.55. The summed E-state index contributed by atoms with van der Waals surface area (Å²) >= 11 is 0. The predicted octanol–water partition coefficient (Wildman–Crippen LogP) is 3.98. The lowest BCUT2D eigenvalue weighted by atomic mass is 9.92. The molecule has 1 N–H and O–H groups in total. The van der Waals surface area contributed by atoms with Crippen molar-refractivity contribution in [1.29, 1.82) is 0 Å². The van der Waals surface area contributed by atoms with Crippen LogP contribution < -0.4 is 5.32 Å². The molecule has 0 bridgehead atoms. The van der Waals surface area contributed by atoms with Gasteiger partial charge in [-0.3, -0.25) is 0 Å². The highest BCUT2D eigenvalue weighted by Gasteiger charge is 2.32. The maximum absolute atomic E-state index is 12.3. The molecule has 0 radical (unpaired) electrons. The number of amides is 1. The molecule has 1 aliphatic rings. The van der Waals surface area contributed by atoms with Gasteiger partial charge >= 0.3 is 6.09 Å². The third-order valence-corrected chi connectivity index (χ3v) is 4.37. The lowest BCUT2D eigenvalue weighted by Crippen LogP contribution is -2.53. The highest BCUT2D eigenvalue weighted by atomic mass is 16.6. The third-order valence-electron chi connectivity index (χ3n) is 4.37. The number of nitrogens with zero attached hydrogens (tertiary/aromatic N) is 1. The number of benzene rings is 1. The van der Waals surface area contributed by atoms with Crippen molar-refractivity contribution < 1.29 is 9.53 Å². The molecule has 1 amide bonds. The Morgan fingerprint density at radius 2 is 1.96 bits per heavy atom. The van der Waals surface area contributed by atoms with Crippen molar-refractivity contribution in [2.45, 2.75) is 58.7 Å². The van der Waals surface area contributed by atoms with E-state index < -0.39 is 5.60 Å². The quantitative estimate of drug-likeness (QED) is 0.916. The van der Waals surface area contributed by atoms with Crippen molar-refractivity contribution >= 4 is 6.09 Å². The normalized spacial score (nSPS) is 23.4. The molecule has 4 heteroatoms. The summed E-state index contributed by atoms with van der Waals surface area (Å²) in [5, 5.41) is 3.68. The van der Waals surface area contributed by atoms with E-state index in [0.717, 1.165) is 13.0 Å². The molecule has 1 heterocycles. The summed E-state index contributed by atoms with van der Waals surface area (Å²) in [6.07, 6.45) is 0.793. The van der Waals surface area contributed by atoms with Crippen LogP contribution in [0.3, 0.4) is 0 Å². The van der Waals surface area contributed by atoms with Crippen LogP contribution in [0.1, 0.15) is 52.6 Å². The summed E-state index contributed by atoms with van der Waals surface area (Å²) in [6, 6.07) is 11.0. The van der Waals surface area contributed by atoms with Crippen LogP contribution in [0.2, 0.25) is 0 Å². The molecule has 0 spiro atoms. The van der Waals surface area contributed by atoms with Crippen LogP contribution in [0.5, 0.6) is 0 Å². The summed E-state index contributed by atoms with van der Waals surface area (Å²) in [4.78, 5) is 14.1. The number of nitrogens with one attached hydrogen (secondary N) is 1. The third kappa shape index (κ3) is 5.24. The first-order valence-electron chi connectivity index (χ1n) is 8.55. The first kappa shape index (κ1) is 17.8. The molecule has 0 aromatic heterocycles. The fourth-order valence-electron chi connectivity index (χ4n) is 2.94. The number of carbonyl (C=O) groups is 1. The smallest absolute Gasteiger partial charge is 0.410 e. The largest absolute Gasteiger partial charge is 0.444 e. The zero-order valence-corrected chi connectivity index (χ0v) is 15.0. The minimum Gasteiger partial charge on any atom is -0.444 e. The second-order valence-corrected chi connectivity index (χ2v) is 7.60. The van der Waals surface area contributed by atoms with E-state index in [4.69, 9.17) is 4.74 Å². The van der Waals surface area contributed by atoms with Gasteiger partial charge in [-0.15, -0.1) is 0 Å². The lowest BCUT2D eigenvalue weighted by molar-refractivity contribution is 0.0142. The van der Waals surface area contributed by atoms with Gasteiger partial charge in [0.25, 0.3) is 0 Å². The van der Waals surface area contributed by atoms with Crippen LogP contribution in [0.4, 0.5) is 4.79 Å². The van der Waals surface area contributed by atoms with Gasteiger partial charge in [0.1, 0.15) is 5.60 Å². The zero-order valence-electron chi connectivity index (χ0n) is 15.0. The highest BCUT2D eigenvalue weighted by Crippen LogP contribution is 2.22. The summed E-state index contributed by atoms with van der Waals surface area (Å²) in [5.74, 6) is 0.542. The molecular weight excluding hydrogens is 288 g/mol. The van der Waals surface area contributed by atoms with E-state index in [1.807, 2.05) is 31.7 Å². The van der Waals surface area contributed by atoms with Crippen molar-refractivity contribution in [3.8, 4) is 0 Å². The molecule has 128 valence electrons. The number of hydrogen-bond acceptors (Lipinski definition) is 3. The molecule has 4 nitrogen and oxygen atoms in total. The van der Waals surface area contributed by atoms with Gasteiger partial charge < -0.3 is 15.0 Å². The minimum absolute atomic E-state index is 0.205. The Morgan fingerprint density at radius 1 is 1.30 bits per heavy atom. The van der Waals surface area contributed by atoms with Crippen LogP contribution in [-0.2, 0) is 4.74 Å². The van der Waals surface area contributed by atoms with E-state index in [1.54, 1.807) is 0 Å². The Kier molecular flexibility index (Phi) is 5.69. The molecule has 1 aromatic rings. The van der Waals surface area contributed by atoms with Crippen LogP contribution in [0, 0.1) is 5.92 Å². The van der Waals surface area contributed by atoms with Crippen LogP contribution in [0.15, 0.2) is 30.3 Å². The van der Waals surface area contributed by atoms with Gasteiger partial charge in [-0.2, -0.15) is 0 Å². The van der Waals surface area contributed by atoms with Crippen molar-refractivity contribution in [2.75, 3.05) is 13.1 Å². The molecule has 1 aromatic carbocycles. The monoisotopic (exact) mass is 318 g/mol. The molecule has 0 aliphatic carbocycles. The van der Waals surface area contributed by atoms with Gasteiger partial charge in [0.2, 0.25) is 0 Å². The number of likely N-dealkylation sites (tertiary alicyclic amines) is 1. The summed E-state index contributed by atoms with van der Waals surface area (Å²) in [6.45, 7) is 11.6. The van der Waals surface area contributed by atoms with E-state index in [2.05, 4.69) is 43.4 Å². The van der Waals surface area contributed by atoms with E-state index in [9.17, 15) is 4.79 Å². The van der Waals surface area contributed by atoms with Gasteiger partial charge in [0, 0.05) is 25.2 Å². The number of piperidine rings is 1. The Balaban J connectivity index is 1.97. The molecule has 23 heavy (non-hydrogen) atoms. The molecular formula is C19H30N2O2. The van der Waals surface area contributed by atoms with Gasteiger partial charge in [0.15, 0.2) is 0 Å². The Bertz CT molecular complexity index is 510. The zero-order chi connectivity index (χ0) is 17.0. The second kappa shape index (κ2) is 7.35. The topological polar surface area (TPSA) is 41.6 Å². The Morgan fingerprint density at radius 3 is 2.57 bits per heavy atom. The fourth-order valence-corrected chi connectivity index (χ4v) is 2.94.